The van der Waals surface area contributed by atoms with Crippen molar-refractivity contribution in [3.05, 3.63) is 52.6 Å². The van der Waals surface area contributed by atoms with Gasteiger partial charge in [0.2, 0.25) is 0 Å². The number of benzene rings is 2. The zero-order chi connectivity index (χ0) is 23.2. The van der Waals surface area contributed by atoms with Crippen LogP contribution in [-0.4, -0.2) is 26.2 Å². The highest BCUT2D eigenvalue weighted by Gasteiger charge is 2.46. The highest BCUT2D eigenvalue weighted by Crippen LogP contribution is 2.52. The number of methoxy groups -OCH3 is 1. The van der Waals surface area contributed by atoms with E-state index in [4.69, 9.17) is 4.74 Å². The summed E-state index contributed by atoms with van der Waals surface area (Å²) in [5.41, 5.74) is 4.28. The number of rotatable bonds is 7. The van der Waals surface area contributed by atoms with E-state index in [-0.39, 0.29) is 16.3 Å². The van der Waals surface area contributed by atoms with Crippen molar-refractivity contribution in [3.8, 4) is 5.75 Å². The van der Waals surface area contributed by atoms with E-state index in [1.54, 1.807) is 24.3 Å². The van der Waals surface area contributed by atoms with Crippen molar-refractivity contribution < 1.29 is 18.1 Å². The molecule has 33 heavy (non-hydrogen) atoms. The van der Waals surface area contributed by atoms with Crippen molar-refractivity contribution in [1.82, 2.24) is 0 Å². The van der Waals surface area contributed by atoms with Crippen molar-refractivity contribution >= 4 is 32.8 Å². The normalized spacial score (nSPS) is 25.5. The highest BCUT2D eigenvalue weighted by molar-refractivity contribution is 7.92. The second kappa shape index (κ2) is 8.33. The molecule has 174 valence electrons. The third-order valence-corrected chi connectivity index (χ3v) is 8.51. The van der Waals surface area contributed by atoms with Crippen LogP contribution in [0.15, 0.2) is 52.5 Å². The van der Waals surface area contributed by atoms with Gasteiger partial charge in [-0.15, -0.1) is 0 Å². The molecule has 0 heterocycles. The summed E-state index contributed by atoms with van der Waals surface area (Å²) in [5, 5.41) is 16.0. The monoisotopic (exact) mass is 470 g/mol. The highest BCUT2D eigenvalue weighted by atomic mass is 32.2. The van der Waals surface area contributed by atoms with Crippen LogP contribution in [0.3, 0.4) is 0 Å². The predicted octanol–water partition coefficient (Wildman–Crippen LogP) is 4.63. The lowest BCUT2D eigenvalue weighted by Gasteiger charge is -2.50. The number of nitrogens with one attached hydrogen (secondary N) is 2. The van der Waals surface area contributed by atoms with Crippen LogP contribution < -0.4 is 14.9 Å². The Labute approximate surface area is 192 Å². The summed E-state index contributed by atoms with van der Waals surface area (Å²) in [6.07, 6.45) is 5.93. The van der Waals surface area contributed by atoms with Gasteiger partial charge in [0.15, 0.2) is 0 Å². The molecule has 0 spiro atoms. The van der Waals surface area contributed by atoms with Gasteiger partial charge in [0, 0.05) is 23.5 Å². The molecule has 4 aliphatic carbocycles. The van der Waals surface area contributed by atoms with Gasteiger partial charge in [-0.25, -0.2) is 8.42 Å². The van der Waals surface area contributed by atoms with E-state index in [1.807, 2.05) is 0 Å². The molecule has 9 nitrogen and oxygen atoms in total. The van der Waals surface area contributed by atoms with Gasteiger partial charge in [0.1, 0.15) is 10.6 Å². The molecule has 2 N–H and O–H groups in total. The van der Waals surface area contributed by atoms with Crippen LogP contribution in [0.25, 0.3) is 0 Å². The SMILES string of the molecule is COc1ccc(NS(=O)(=O)c2cc([N+](=O)[O-])ccc2NN=C2C3CC4CC(C3)CC2C4)cc1. The van der Waals surface area contributed by atoms with Gasteiger partial charge in [-0.2, -0.15) is 5.10 Å². The Morgan fingerprint density at radius 1 is 1.00 bits per heavy atom. The first-order valence-electron chi connectivity index (χ1n) is 11.1. The maximum atomic E-state index is 13.2. The Morgan fingerprint density at radius 3 is 2.21 bits per heavy atom. The fourth-order valence-corrected chi connectivity index (χ4v) is 7.02. The van der Waals surface area contributed by atoms with Gasteiger partial charge in [0.05, 0.1) is 17.7 Å². The summed E-state index contributed by atoms with van der Waals surface area (Å²) >= 11 is 0. The van der Waals surface area contributed by atoms with Crippen LogP contribution in [0.2, 0.25) is 0 Å². The maximum Gasteiger partial charge on any atom is 0.270 e. The quantitative estimate of drug-likeness (QED) is 0.449. The Bertz CT molecular complexity index is 1180. The first-order chi connectivity index (χ1) is 15.8. The summed E-state index contributed by atoms with van der Waals surface area (Å²) in [4.78, 5) is 10.5. The van der Waals surface area contributed by atoms with Crippen molar-refractivity contribution in [3.63, 3.8) is 0 Å². The molecule has 4 saturated carbocycles. The van der Waals surface area contributed by atoms with Gasteiger partial charge in [-0.05, 0) is 86.1 Å². The van der Waals surface area contributed by atoms with Crippen LogP contribution in [-0.2, 0) is 10.0 Å². The Balaban J connectivity index is 1.44. The summed E-state index contributed by atoms with van der Waals surface area (Å²) in [7, 11) is -2.60. The van der Waals surface area contributed by atoms with Crippen LogP contribution >= 0.6 is 0 Å². The van der Waals surface area contributed by atoms with Crippen LogP contribution in [0, 0.1) is 33.8 Å². The number of nitro groups is 1. The molecule has 2 aromatic rings. The lowest BCUT2D eigenvalue weighted by Crippen LogP contribution is -2.45. The van der Waals surface area contributed by atoms with E-state index < -0.39 is 14.9 Å². The fourth-order valence-electron chi connectivity index (χ4n) is 5.78. The van der Waals surface area contributed by atoms with Crippen molar-refractivity contribution in [2.45, 2.75) is 37.0 Å². The fraction of sp³-hybridized carbons (Fsp3) is 0.435. The molecule has 0 atom stereocenters. The third-order valence-electron chi connectivity index (χ3n) is 7.09. The van der Waals surface area contributed by atoms with E-state index in [0.717, 1.165) is 49.3 Å². The molecule has 4 bridgehead atoms. The first-order valence-corrected chi connectivity index (χ1v) is 12.6. The van der Waals surface area contributed by atoms with E-state index in [9.17, 15) is 18.5 Å². The molecule has 0 aromatic heterocycles. The summed E-state index contributed by atoms with van der Waals surface area (Å²) in [6.45, 7) is 0. The number of non-ortho nitro benzene ring substituents is 1. The minimum Gasteiger partial charge on any atom is -0.497 e. The number of anilines is 2. The molecule has 10 heteroatoms. The maximum absolute atomic E-state index is 13.2. The smallest absolute Gasteiger partial charge is 0.270 e. The van der Waals surface area contributed by atoms with E-state index >= 15 is 0 Å². The van der Waals surface area contributed by atoms with Gasteiger partial charge in [-0.3, -0.25) is 20.3 Å². The molecule has 4 fully saturated rings. The molecule has 0 unspecified atom stereocenters. The number of sulfonamides is 1. The first kappa shape index (κ1) is 21.7. The zero-order valence-electron chi connectivity index (χ0n) is 18.2. The molecular weight excluding hydrogens is 444 g/mol. The molecule has 0 saturated heterocycles. The Kier molecular flexibility index (Phi) is 5.48. The Morgan fingerprint density at radius 2 is 1.64 bits per heavy atom. The van der Waals surface area contributed by atoms with E-state index in [0.29, 0.717) is 23.3 Å². The number of hydrazone groups is 1. The van der Waals surface area contributed by atoms with E-state index in [1.165, 1.54) is 25.7 Å². The molecule has 4 aliphatic rings. The third kappa shape index (κ3) is 4.27. The minimum atomic E-state index is -4.12. The molecule has 2 aromatic carbocycles. The second-order valence-electron chi connectivity index (χ2n) is 9.22. The van der Waals surface area contributed by atoms with Gasteiger partial charge in [-0.1, -0.05) is 0 Å². The largest absolute Gasteiger partial charge is 0.497 e. The minimum absolute atomic E-state index is 0.211. The number of nitro benzene ring substituents is 1. The van der Waals surface area contributed by atoms with Crippen LogP contribution in [0.5, 0.6) is 5.75 Å². The lowest BCUT2D eigenvalue weighted by atomic mass is 9.55. The van der Waals surface area contributed by atoms with Gasteiger partial charge in [0.25, 0.3) is 15.7 Å². The van der Waals surface area contributed by atoms with Crippen molar-refractivity contribution in [2.75, 3.05) is 17.3 Å². The topological polar surface area (TPSA) is 123 Å². The second-order valence-corrected chi connectivity index (χ2v) is 10.9. The Hall–Kier alpha value is -3.14. The lowest BCUT2D eigenvalue weighted by molar-refractivity contribution is -0.385. The van der Waals surface area contributed by atoms with E-state index in [2.05, 4.69) is 15.2 Å². The molecule has 0 aliphatic heterocycles. The number of hydrogen-bond donors (Lipinski definition) is 2. The molecule has 0 amide bonds. The number of ether oxygens (including phenoxy) is 1. The van der Waals surface area contributed by atoms with Crippen molar-refractivity contribution in [1.29, 1.82) is 0 Å². The average Bonchev–Trinajstić information content (AvgIpc) is 2.78. The summed E-state index contributed by atoms with van der Waals surface area (Å²) < 4.78 is 34.0. The number of hydrogen-bond acceptors (Lipinski definition) is 7. The predicted molar refractivity (Wildman–Crippen MR) is 125 cm³/mol. The van der Waals surface area contributed by atoms with Crippen LogP contribution in [0.4, 0.5) is 17.1 Å². The molecule has 6 rings (SSSR count). The molecule has 0 radical (unpaired) electrons. The average molecular weight is 471 g/mol. The molecular formula is C23H26N4O5S. The van der Waals surface area contributed by atoms with Gasteiger partial charge < -0.3 is 4.74 Å². The zero-order valence-corrected chi connectivity index (χ0v) is 19.0. The standard InChI is InChI=1S/C23H26N4O5S/c1-32-20-5-2-18(3-6-20)26-33(30,31)22-13-19(27(28)29)4-7-21(22)24-25-23-16-9-14-8-15(11-16)12-17(23)10-14/h2-7,13-17,24,26H,8-12H2,1H3. The van der Waals surface area contributed by atoms with Crippen molar-refractivity contribution in [2.24, 2.45) is 28.8 Å². The number of nitrogens with zero attached hydrogens (tertiary/aromatic N) is 2. The van der Waals surface area contributed by atoms with Crippen LogP contribution in [0.1, 0.15) is 32.1 Å². The van der Waals surface area contributed by atoms with Gasteiger partial charge >= 0.3 is 0 Å². The summed E-state index contributed by atoms with van der Waals surface area (Å²) in [6, 6.07) is 10.1. The summed E-state index contributed by atoms with van der Waals surface area (Å²) in [5.74, 6) is 3.06.